The van der Waals surface area contributed by atoms with Crippen LogP contribution in [-0.2, 0) is 6.42 Å². The molecule has 3 nitrogen and oxygen atoms in total. The van der Waals surface area contributed by atoms with Crippen molar-refractivity contribution in [2.45, 2.75) is 25.9 Å². The molecule has 3 rings (SSSR count). The summed E-state index contributed by atoms with van der Waals surface area (Å²) >= 11 is 5.72. The Balaban J connectivity index is 1.88. The maximum Gasteiger partial charge on any atom is 0.259 e. The van der Waals surface area contributed by atoms with Gasteiger partial charge in [-0.15, -0.1) is 0 Å². The molecule has 1 heterocycles. The molecule has 0 saturated heterocycles. The number of carbonyl (C=O) groups is 1. The predicted molar refractivity (Wildman–Crippen MR) is 84.2 cm³/mol. The summed E-state index contributed by atoms with van der Waals surface area (Å²) in [5, 5.41) is 2.68. The topological polar surface area (TPSA) is 38.3 Å². The zero-order valence-corrected chi connectivity index (χ0v) is 13.0. The molecule has 2 aromatic carbocycles. The lowest BCUT2D eigenvalue weighted by atomic mass is 10.0. The van der Waals surface area contributed by atoms with E-state index in [0.717, 1.165) is 12.0 Å². The van der Waals surface area contributed by atoms with Crippen LogP contribution >= 0.6 is 11.6 Å². The third-order valence-electron chi connectivity index (χ3n) is 3.51. The van der Waals surface area contributed by atoms with E-state index in [2.05, 4.69) is 5.32 Å². The van der Waals surface area contributed by atoms with Crippen molar-refractivity contribution in [2.24, 2.45) is 0 Å². The molecule has 0 saturated carbocycles. The minimum atomic E-state index is -0.523. The van der Waals surface area contributed by atoms with Crippen molar-refractivity contribution in [1.82, 2.24) is 0 Å². The quantitative estimate of drug-likeness (QED) is 0.888. The summed E-state index contributed by atoms with van der Waals surface area (Å²) in [6.07, 6.45) is 0.756. The van der Waals surface area contributed by atoms with Crippen LogP contribution in [0.1, 0.15) is 29.8 Å². The highest BCUT2D eigenvalue weighted by atomic mass is 35.5. The van der Waals surface area contributed by atoms with Crippen LogP contribution in [0.3, 0.4) is 0 Å². The zero-order valence-electron chi connectivity index (χ0n) is 12.2. The summed E-state index contributed by atoms with van der Waals surface area (Å²) in [7, 11) is 0. The first kappa shape index (κ1) is 14.9. The van der Waals surface area contributed by atoms with Crippen molar-refractivity contribution in [1.29, 1.82) is 0 Å². The molecule has 1 amide bonds. The summed E-state index contributed by atoms with van der Waals surface area (Å²) in [6.45, 7) is 3.96. The van der Waals surface area contributed by atoms with Crippen LogP contribution in [0.15, 0.2) is 36.4 Å². The van der Waals surface area contributed by atoms with Gasteiger partial charge in [0.2, 0.25) is 0 Å². The van der Waals surface area contributed by atoms with Crippen molar-refractivity contribution in [3.8, 4) is 5.75 Å². The van der Waals surface area contributed by atoms with Gasteiger partial charge in [0.25, 0.3) is 5.91 Å². The second kappa shape index (κ2) is 5.29. The predicted octanol–water partition coefficient (Wildman–Crippen LogP) is 4.44. The Labute approximate surface area is 133 Å². The summed E-state index contributed by atoms with van der Waals surface area (Å²) in [5.41, 5.74) is 1.59. The van der Waals surface area contributed by atoms with E-state index in [1.165, 1.54) is 18.2 Å². The third kappa shape index (κ3) is 2.79. The molecule has 1 N–H and O–H groups in total. The summed E-state index contributed by atoms with van der Waals surface area (Å²) in [4.78, 5) is 12.5. The number of para-hydroxylation sites is 1. The van der Waals surface area contributed by atoms with E-state index in [4.69, 9.17) is 16.3 Å². The maximum atomic E-state index is 13.2. The molecular formula is C17H15ClFNO2. The standard InChI is InChI=1S/C17H15ClFNO2/c1-17(2)9-10-4-3-5-12(15(10)22-17)16(21)20-11-6-7-14(19)13(18)8-11/h3-8H,9H2,1-2H3,(H,20,21). The van der Waals surface area contributed by atoms with Gasteiger partial charge < -0.3 is 10.1 Å². The van der Waals surface area contributed by atoms with Gasteiger partial charge in [-0.2, -0.15) is 0 Å². The van der Waals surface area contributed by atoms with Gasteiger partial charge >= 0.3 is 0 Å². The second-order valence-electron chi connectivity index (χ2n) is 5.92. The number of nitrogens with one attached hydrogen (secondary N) is 1. The van der Waals surface area contributed by atoms with Gasteiger partial charge in [-0.3, -0.25) is 4.79 Å². The molecule has 1 aliphatic heterocycles. The number of halogens is 2. The highest BCUT2D eigenvalue weighted by molar-refractivity contribution is 6.31. The highest BCUT2D eigenvalue weighted by Gasteiger charge is 2.33. The number of fused-ring (bicyclic) bond motifs is 1. The molecule has 0 spiro atoms. The molecule has 114 valence electrons. The second-order valence-corrected chi connectivity index (χ2v) is 6.32. The Kier molecular flexibility index (Phi) is 3.57. The van der Waals surface area contributed by atoms with Crippen LogP contribution in [-0.4, -0.2) is 11.5 Å². The van der Waals surface area contributed by atoms with Crippen molar-refractivity contribution in [3.63, 3.8) is 0 Å². The normalized spacial score (nSPS) is 15.1. The summed E-state index contributed by atoms with van der Waals surface area (Å²) < 4.78 is 19.0. The molecule has 0 fully saturated rings. The Bertz CT molecular complexity index is 758. The van der Waals surface area contributed by atoms with Crippen molar-refractivity contribution in [3.05, 3.63) is 58.4 Å². The molecule has 22 heavy (non-hydrogen) atoms. The van der Waals surface area contributed by atoms with Crippen molar-refractivity contribution >= 4 is 23.2 Å². The lowest BCUT2D eigenvalue weighted by Crippen LogP contribution is -2.25. The molecule has 2 aromatic rings. The first-order chi connectivity index (χ1) is 10.4. The highest BCUT2D eigenvalue weighted by Crippen LogP contribution is 2.37. The monoisotopic (exact) mass is 319 g/mol. The van der Waals surface area contributed by atoms with Gasteiger partial charge in [0.15, 0.2) is 0 Å². The van der Waals surface area contributed by atoms with Gasteiger partial charge in [-0.1, -0.05) is 23.7 Å². The minimum absolute atomic E-state index is 0.0338. The van der Waals surface area contributed by atoms with E-state index in [0.29, 0.717) is 17.0 Å². The number of rotatable bonds is 2. The minimum Gasteiger partial charge on any atom is -0.486 e. The fourth-order valence-electron chi connectivity index (χ4n) is 2.57. The van der Waals surface area contributed by atoms with Gasteiger partial charge in [0.05, 0.1) is 10.6 Å². The van der Waals surface area contributed by atoms with E-state index in [1.54, 1.807) is 6.07 Å². The van der Waals surface area contributed by atoms with Crippen LogP contribution in [0.4, 0.5) is 10.1 Å². The number of anilines is 1. The number of carbonyl (C=O) groups excluding carboxylic acids is 1. The molecular weight excluding hydrogens is 305 g/mol. The largest absolute Gasteiger partial charge is 0.486 e. The van der Waals surface area contributed by atoms with Crippen LogP contribution in [0.2, 0.25) is 5.02 Å². The lowest BCUT2D eigenvalue weighted by Gasteiger charge is -2.18. The Morgan fingerprint density at radius 2 is 2.09 bits per heavy atom. The number of hydrogen-bond donors (Lipinski definition) is 1. The van der Waals surface area contributed by atoms with Gasteiger partial charge in [-0.25, -0.2) is 4.39 Å². The Hall–Kier alpha value is -2.07. The van der Waals surface area contributed by atoms with Crippen LogP contribution in [0, 0.1) is 5.82 Å². The van der Waals surface area contributed by atoms with E-state index in [-0.39, 0.29) is 16.5 Å². The van der Waals surface area contributed by atoms with Gasteiger partial charge in [-0.05, 0) is 43.7 Å². The lowest BCUT2D eigenvalue weighted by molar-refractivity contribution is 0.101. The molecule has 0 unspecified atom stereocenters. The van der Waals surface area contributed by atoms with E-state index in [1.807, 2.05) is 26.0 Å². The van der Waals surface area contributed by atoms with Crippen molar-refractivity contribution < 1.29 is 13.9 Å². The van der Waals surface area contributed by atoms with Gasteiger partial charge in [0.1, 0.15) is 17.2 Å². The molecule has 1 aliphatic rings. The third-order valence-corrected chi connectivity index (χ3v) is 3.80. The summed E-state index contributed by atoms with van der Waals surface area (Å²) in [5.74, 6) is -0.221. The van der Waals surface area contributed by atoms with Crippen LogP contribution in [0.5, 0.6) is 5.75 Å². The molecule has 0 aromatic heterocycles. The molecule has 0 bridgehead atoms. The molecule has 0 radical (unpaired) electrons. The zero-order chi connectivity index (χ0) is 15.9. The number of hydrogen-bond acceptors (Lipinski definition) is 2. The number of benzene rings is 2. The van der Waals surface area contributed by atoms with E-state index in [9.17, 15) is 9.18 Å². The first-order valence-corrected chi connectivity index (χ1v) is 7.31. The Morgan fingerprint density at radius 1 is 1.32 bits per heavy atom. The molecule has 0 aliphatic carbocycles. The smallest absolute Gasteiger partial charge is 0.259 e. The van der Waals surface area contributed by atoms with Crippen LogP contribution < -0.4 is 10.1 Å². The van der Waals surface area contributed by atoms with Gasteiger partial charge in [0, 0.05) is 12.1 Å². The number of ether oxygens (including phenoxy) is 1. The Morgan fingerprint density at radius 3 is 2.82 bits per heavy atom. The average molecular weight is 320 g/mol. The fourth-order valence-corrected chi connectivity index (χ4v) is 2.75. The summed E-state index contributed by atoms with van der Waals surface area (Å²) in [6, 6.07) is 9.55. The van der Waals surface area contributed by atoms with Crippen molar-refractivity contribution in [2.75, 3.05) is 5.32 Å². The van der Waals surface area contributed by atoms with E-state index < -0.39 is 5.82 Å². The maximum absolute atomic E-state index is 13.2. The first-order valence-electron chi connectivity index (χ1n) is 6.93. The number of amides is 1. The fraction of sp³-hybridized carbons (Fsp3) is 0.235. The van der Waals surface area contributed by atoms with Crippen LogP contribution in [0.25, 0.3) is 0 Å². The molecule has 0 atom stereocenters. The SMILES string of the molecule is CC1(C)Cc2cccc(C(=O)Nc3ccc(F)c(Cl)c3)c2O1. The molecule has 5 heteroatoms. The van der Waals surface area contributed by atoms with E-state index >= 15 is 0 Å². The average Bonchev–Trinajstić information content (AvgIpc) is 2.76.